The molecule has 1 unspecified atom stereocenters. The number of urea groups is 1. The molecule has 0 radical (unpaired) electrons. The van der Waals surface area contributed by atoms with Crippen molar-refractivity contribution >= 4 is 22.5 Å². The number of hydrogen-bond donors (Lipinski definition) is 3. The molecule has 0 aliphatic carbocycles. The van der Waals surface area contributed by atoms with Crippen molar-refractivity contribution in [1.29, 1.82) is 0 Å². The lowest BCUT2D eigenvalue weighted by Gasteiger charge is -2.27. The van der Waals surface area contributed by atoms with E-state index in [9.17, 15) is 9.90 Å². The molecule has 1 heterocycles. The lowest BCUT2D eigenvalue weighted by molar-refractivity contribution is 0.167. The number of aliphatic hydroxyl groups excluding tert-OH is 1. The van der Waals surface area contributed by atoms with Gasteiger partial charge in [0.15, 0.2) is 0 Å². The SMILES string of the molecule is CCCCc1nnc(NC(=O)NC(C)(CO)CCC)s1. The van der Waals surface area contributed by atoms with E-state index in [1.165, 1.54) is 11.3 Å². The Balaban J connectivity index is 2.51. The minimum atomic E-state index is -0.603. The first-order chi connectivity index (χ1) is 9.53. The molecule has 0 aliphatic heterocycles. The number of aliphatic hydroxyl groups is 1. The molecule has 7 heteroatoms. The first-order valence-corrected chi connectivity index (χ1v) is 7.87. The molecule has 3 N–H and O–H groups in total. The Kier molecular flexibility index (Phi) is 6.87. The van der Waals surface area contributed by atoms with Crippen LogP contribution >= 0.6 is 11.3 Å². The molecule has 0 saturated heterocycles. The molecule has 1 atom stereocenters. The summed E-state index contributed by atoms with van der Waals surface area (Å²) in [6.07, 6.45) is 4.67. The maximum atomic E-state index is 11.9. The van der Waals surface area contributed by atoms with E-state index in [-0.39, 0.29) is 12.6 Å². The molecule has 20 heavy (non-hydrogen) atoms. The van der Waals surface area contributed by atoms with E-state index < -0.39 is 5.54 Å². The largest absolute Gasteiger partial charge is 0.394 e. The zero-order chi connectivity index (χ0) is 15.0. The van der Waals surface area contributed by atoms with E-state index in [4.69, 9.17) is 0 Å². The summed E-state index contributed by atoms with van der Waals surface area (Å²) in [6, 6.07) is -0.354. The molecule has 0 bridgehead atoms. The highest BCUT2D eigenvalue weighted by atomic mass is 32.1. The smallest absolute Gasteiger partial charge is 0.321 e. The number of anilines is 1. The fourth-order valence-corrected chi connectivity index (χ4v) is 2.65. The van der Waals surface area contributed by atoms with Crippen LogP contribution in [0.5, 0.6) is 0 Å². The van der Waals surface area contributed by atoms with Crippen LogP contribution < -0.4 is 10.6 Å². The van der Waals surface area contributed by atoms with E-state index in [0.29, 0.717) is 5.13 Å². The van der Waals surface area contributed by atoms with Gasteiger partial charge >= 0.3 is 6.03 Å². The molecule has 1 aromatic heterocycles. The Bertz CT molecular complexity index is 424. The van der Waals surface area contributed by atoms with Gasteiger partial charge in [0.1, 0.15) is 5.01 Å². The van der Waals surface area contributed by atoms with Crippen molar-refractivity contribution in [2.24, 2.45) is 0 Å². The van der Waals surface area contributed by atoms with Crippen molar-refractivity contribution in [2.75, 3.05) is 11.9 Å². The quantitative estimate of drug-likeness (QED) is 0.688. The van der Waals surface area contributed by atoms with Gasteiger partial charge in [0.05, 0.1) is 12.1 Å². The van der Waals surface area contributed by atoms with Gasteiger partial charge in [-0.05, 0) is 19.8 Å². The maximum absolute atomic E-state index is 11.9. The van der Waals surface area contributed by atoms with Gasteiger partial charge < -0.3 is 10.4 Å². The van der Waals surface area contributed by atoms with Gasteiger partial charge in [-0.25, -0.2) is 4.79 Å². The molecule has 0 spiro atoms. The molecule has 0 aliphatic rings. The molecule has 2 amide bonds. The zero-order valence-corrected chi connectivity index (χ0v) is 13.2. The van der Waals surface area contributed by atoms with E-state index in [0.717, 1.165) is 37.1 Å². The zero-order valence-electron chi connectivity index (χ0n) is 12.4. The van der Waals surface area contributed by atoms with E-state index in [1.807, 2.05) is 13.8 Å². The molecular weight excluding hydrogens is 276 g/mol. The number of unbranched alkanes of at least 4 members (excludes halogenated alkanes) is 1. The predicted molar refractivity (Wildman–Crippen MR) is 81.1 cm³/mol. The van der Waals surface area contributed by atoms with Gasteiger partial charge in [-0.15, -0.1) is 10.2 Å². The Labute approximate surface area is 124 Å². The van der Waals surface area contributed by atoms with Gasteiger partial charge in [0, 0.05) is 6.42 Å². The van der Waals surface area contributed by atoms with Crippen molar-refractivity contribution in [1.82, 2.24) is 15.5 Å². The standard InChI is InChI=1S/C13H24N4O2S/c1-4-6-7-10-16-17-12(20-10)14-11(19)15-13(3,9-18)8-5-2/h18H,4-9H2,1-3H3,(H2,14,15,17,19). The molecule has 0 fully saturated rings. The maximum Gasteiger partial charge on any atom is 0.321 e. The van der Waals surface area contributed by atoms with Crippen LogP contribution in [0.4, 0.5) is 9.93 Å². The van der Waals surface area contributed by atoms with Crippen molar-refractivity contribution in [3.8, 4) is 0 Å². The van der Waals surface area contributed by atoms with E-state index in [2.05, 4.69) is 27.8 Å². The van der Waals surface area contributed by atoms with E-state index >= 15 is 0 Å². The minimum absolute atomic E-state index is 0.0911. The van der Waals surface area contributed by atoms with Crippen molar-refractivity contribution in [3.63, 3.8) is 0 Å². The summed E-state index contributed by atoms with van der Waals surface area (Å²) in [5, 5.41) is 24.2. The molecule has 0 aromatic carbocycles. The molecule has 0 saturated carbocycles. The predicted octanol–water partition coefficient (Wildman–Crippen LogP) is 2.55. The fraction of sp³-hybridized carbons (Fsp3) is 0.769. The molecule has 6 nitrogen and oxygen atoms in total. The number of carbonyl (C=O) groups is 1. The van der Waals surface area contributed by atoms with Crippen LogP contribution in [0, 0.1) is 0 Å². The van der Waals surface area contributed by atoms with Crippen LogP contribution in [-0.4, -0.2) is 33.5 Å². The highest BCUT2D eigenvalue weighted by Gasteiger charge is 2.24. The Morgan fingerprint density at radius 1 is 1.35 bits per heavy atom. The van der Waals surface area contributed by atoms with E-state index in [1.54, 1.807) is 0 Å². The second kappa shape index (κ2) is 8.16. The van der Waals surface area contributed by atoms with Crippen molar-refractivity contribution in [3.05, 3.63) is 5.01 Å². The van der Waals surface area contributed by atoms with Gasteiger partial charge in [-0.3, -0.25) is 5.32 Å². The summed E-state index contributed by atoms with van der Waals surface area (Å²) >= 11 is 1.39. The summed E-state index contributed by atoms with van der Waals surface area (Å²) in [4.78, 5) is 11.9. The van der Waals surface area contributed by atoms with Gasteiger partial charge in [-0.1, -0.05) is 38.0 Å². The van der Waals surface area contributed by atoms with Gasteiger partial charge in [-0.2, -0.15) is 0 Å². The van der Waals surface area contributed by atoms with Crippen molar-refractivity contribution < 1.29 is 9.90 Å². The van der Waals surface area contributed by atoms with Crippen molar-refractivity contribution in [2.45, 2.75) is 58.4 Å². The average molecular weight is 300 g/mol. The fourth-order valence-electron chi connectivity index (χ4n) is 1.87. The topological polar surface area (TPSA) is 87.1 Å². The lowest BCUT2D eigenvalue weighted by Crippen LogP contribution is -2.50. The van der Waals surface area contributed by atoms with Crippen LogP contribution in [0.2, 0.25) is 0 Å². The van der Waals surface area contributed by atoms with Crippen LogP contribution in [0.1, 0.15) is 51.5 Å². The third-order valence-corrected chi connectivity index (χ3v) is 3.90. The number of nitrogens with one attached hydrogen (secondary N) is 2. The van der Waals surface area contributed by atoms with Gasteiger partial charge in [0.2, 0.25) is 5.13 Å². The molecule has 114 valence electrons. The highest BCUT2D eigenvalue weighted by molar-refractivity contribution is 7.15. The second-order valence-electron chi connectivity index (χ2n) is 5.15. The lowest BCUT2D eigenvalue weighted by atomic mass is 9.98. The third-order valence-electron chi connectivity index (χ3n) is 3.00. The molecule has 1 rings (SSSR count). The summed E-state index contributed by atoms with van der Waals surface area (Å²) < 4.78 is 0. The second-order valence-corrected chi connectivity index (χ2v) is 6.21. The van der Waals surface area contributed by atoms with Crippen LogP contribution in [-0.2, 0) is 6.42 Å². The summed E-state index contributed by atoms with van der Waals surface area (Å²) in [6.45, 7) is 5.87. The first kappa shape index (κ1) is 16.8. The number of hydrogen-bond acceptors (Lipinski definition) is 5. The van der Waals surface area contributed by atoms with Gasteiger partial charge in [0.25, 0.3) is 0 Å². The Morgan fingerprint density at radius 3 is 2.70 bits per heavy atom. The highest BCUT2D eigenvalue weighted by Crippen LogP contribution is 2.17. The average Bonchev–Trinajstić information content (AvgIpc) is 2.83. The number of rotatable bonds is 8. The summed E-state index contributed by atoms with van der Waals surface area (Å²) in [5.41, 5.74) is -0.603. The normalized spacial score (nSPS) is 13.8. The monoisotopic (exact) mass is 300 g/mol. The van der Waals surface area contributed by atoms with Crippen LogP contribution in [0.15, 0.2) is 0 Å². The number of aryl methyl sites for hydroxylation is 1. The number of aromatic nitrogens is 2. The number of amides is 2. The summed E-state index contributed by atoms with van der Waals surface area (Å²) in [5.74, 6) is 0. The Morgan fingerprint density at radius 2 is 2.10 bits per heavy atom. The number of nitrogens with zero attached hydrogens (tertiary/aromatic N) is 2. The third kappa shape index (κ3) is 5.42. The van der Waals surface area contributed by atoms with Crippen LogP contribution in [0.3, 0.4) is 0 Å². The first-order valence-electron chi connectivity index (χ1n) is 7.05. The molecule has 1 aromatic rings. The number of carbonyl (C=O) groups excluding carboxylic acids is 1. The van der Waals surface area contributed by atoms with Crippen LogP contribution in [0.25, 0.3) is 0 Å². The summed E-state index contributed by atoms with van der Waals surface area (Å²) in [7, 11) is 0. The molecular formula is C13H24N4O2S. The minimum Gasteiger partial charge on any atom is -0.394 e. The Hall–Kier alpha value is -1.21.